The topological polar surface area (TPSA) is 45.7 Å². The van der Waals surface area contributed by atoms with Crippen molar-refractivity contribution < 1.29 is 22.7 Å². The summed E-state index contributed by atoms with van der Waals surface area (Å²) in [5.41, 5.74) is 2.91. The quantitative estimate of drug-likeness (QED) is 0.705. The number of hydrogen-bond donors (Lipinski definition) is 0. The van der Waals surface area contributed by atoms with E-state index in [0.29, 0.717) is 24.6 Å². The van der Waals surface area contributed by atoms with Crippen molar-refractivity contribution in [1.29, 1.82) is 0 Å². The minimum Gasteiger partial charge on any atom is -0.468 e. The van der Waals surface area contributed by atoms with Crippen molar-refractivity contribution in [3.63, 3.8) is 0 Å². The first kappa shape index (κ1) is 22.1. The molecule has 1 amide bonds. The molecule has 1 saturated heterocycles. The maximum absolute atomic E-state index is 12.6. The lowest BCUT2D eigenvalue weighted by Crippen LogP contribution is -2.48. The van der Waals surface area contributed by atoms with Crippen LogP contribution in [0.5, 0.6) is 5.88 Å². The number of amides is 1. The maximum Gasteiger partial charge on any atom is 0.422 e. The van der Waals surface area contributed by atoms with Crippen LogP contribution in [0.1, 0.15) is 41.3 Å². The van der Waals surface area contributed by atoms with Crippen molar-refractivity contribution in [3.8, 4) is 5.88 Å². The van der Waals surface area contributed by atoms with E-state index in [-0.39, 0.29) is 11.8 Å². The van der Waals surface area contributed by atoms with E-state index in [4.69, 9.17) is 0 Å². The van der Waals surface area contributed by atoms with Gasteiger partial charge in [0.1, 0.15) is 0 Å². The summed E-state index contributed by atoms with van der Waals surface area (Å²) in [5, 5.41) is 0. The van der Waals surface area contributed by atoms with Crippen molar-refractivity contribution in [2.24, 2.45) is 0 Å². The first-order valence-corrected chi connectivity index (χ1v) is 9.97. The van der Waals surface area contributed by atoms with Crippen molar-refractivity contribution in [1.82, 2.24) is 14.8 Å². The third-order valence-electron chi connectivity index (χ3n) is 5.08. The molecule has 5 nitrogen and oxygen atoms in total. The standard InChI is InChI=1S/C22H26F3N3O2/c1-16(2)18-5-3-17(4-6-18)14-27-9-11-28(12-10-27)21(29)19-7-8-20(26-13-19)30-15-22(23,24)25/h3-8,13,16H,9-12,14-15H2,1-2H3. The first-order chi connectivity index (χ1) is 14.2. The number of carbonyl (C=O) groups excluding carboxylic acids is 1. The van der Waals surface area contributed by atoms with E-state index < -0.39 is 12.8 Å². The molecule has 0 saturated carbocycles. The molecule has 0 unspecified atom stereocenters. The van der Waals surface area contributed by atoms with Gasteiger partial charge < -0.3 is 9.64 Å². The molecule has 2 heterocycles. The van der Waals surface area contributed by atoms with Crippen LogP contribution in [-0.4, -0.2) is 59.7 Å². The Morgan fingerprint density at radius 1 is 1.07 bits per heavy atom. The number of carbonyl (C=O) groups is 1. The third kappa shape index (κ3) is 6.19. The van der Waals surface area contributed by atoms with Crippen LogP contribution in [0.3, 0.4) is 0 Å². The lowest BCUT2D eigenvalue weighted by Gasteiger charge is -2.34. The number of ether oxygens (including phenoxy) is 1. The molecule has 8 heteroatoms. The molecule has 0 aliphatic carbocycles. The molecular formula is C22H26F3N3O2. The van der Waals surface area contributed by atoms with E-state index in [2.05, 4.69) is 52.7 Å². The second kappa shape index (κ2) is 9.47. The van der Waals surface area contributed by atoms with Gasteiger partial charge in [-0.1, -0.05) is 38.1 Å². The minimum absolute atomic E-state index is 0.155. The summed E-state index contributed by atoms with van der Waals surface area (Å²) in [6, 6.07) is 11.4. The van der Waals surface area contributed by atoms with Gasteiger partial charge in [-0.05, 0) is 23.1 Å². The Kier molecular flexibility index (Phi) is 6.97. The largest absolute Gasteiger partial charge is 0.468 e. The fraction of sp³-hybridized carbons (Fsp3) is 0.455. The summed E-state index contributed by atoms with van der Waals surface area (Å²) in [5.74, 6) is 0.177. The van der Waals surface area contributed by atoms with Crippen molar-refractivity contribution >= 4 is 5.91 Å². The van der Waals surface area contributed by atoms with Gasteiger partial charge in [0, 0.05) is 45.0 Å². The van der Waals surface area contributed by atoms with Gasteiger partial charge in [0.05, 0.1) is 5.56 Å². The summed E-state index contributed by atoms with van der Waals surface area (Å²) < 4.78 is 41.2. The van der Waals surface area contributed by atoms with Gasteiger partial charge in [0.15, 0.2) is 6.61 Å². The monoisotopic (exact) mass is 421 g/mol. The molecule has 1 aliphatic rings. The molecule has 0 spiro atoms. The van der Waals surface area contributed by atoms with Gasteiger partial charge >= 0.3 is 6.18 Å². The van der Waals surface area contributed by atoms with Crippen molar-refractivity contribution in [3.05, 3.63) is 59.3 Å². The highest BCUT2D eigenvalue weighted by molar-refractivity contribution is 5.94. The van der Waals surface area contributed by atoms with Crippen LogP contribution in [0, 0.1) is 0 Å². The molecule has 1 aromatic heterocycles. The molecule has 0 radical (unpaired) electrons. The lowest BCUT2D eigenvalue weighted by molar-refractivity contribution is -0.154. The van der Waals surface area contributed by atoms with Crippen LogP contribution in [-0.2, 0) is 6.54 Å². The summed E-state index contributed by atoms with van der Waals surface area (Å²) in [6.45, 7) is 6.48. The highest BCUT2D eigenvalue weighted by Crippen LogP contribution is 2.19. The van der Waals surface area contributed by atoms with Crippen LogP contribution >= 0.6 is 0 Å². The fourth-order valence-corrected chi connectivity index (χ4v) is 3.31. The molecule has 1 aromatic carbocycles. The smallest absolute Gasteiger partial charge is 0.422 e. The average Bonchev–Trinajstić information content (AvgIpc) is 2.72. The van der Waals surface area contributed by atoms with Gasteiger partial charge in [-0.25, -0.2) is 4.98 Å². The Bertz CT molecular complexity index is 828. The molecular weight excluding hydrogens is 395 g/mol. The summed E-state index contributed by atoms with van der Waals surface area (Å²) >= 11 is 0. The Hall–Kier alpha value is -2.61. The Labute approximate surface area is 174 Å². The molecule has 0 bridgehead atoms. The zero-order chi connectivity index (χ0) is 21.7. The van der Waals surface area contributed by atoms with Crippen LogP contribution in [0.2, 0.25) is 0 Å². The predicted molar refractivity (Wildman–Crippen MR) is 107 cm³/mol. The van der Waals surface area contributed by atoms with E-state index in [9.17, 15) is 18.0 Å². The average molecular weight is 421 g/mol. The fourth-order valence-electron chi connectivity index (χ4n) is 3.31. The lowest BCUT2D eigenvalue weighted by atomic mass is 10.0. The van der Waals surface area contributed by atoms with E-state index in [1.54, 1.807) is 4.90 Å². The van der Waals surface area contributed by atoms with Crippen molar-refractivity contribution in [2.45, 2.75) is 32.5 Å². The van der Waals surface area contributed by atoms with Crippen LogP contribution < -0.4 is 4.74 Å². The first-order valence-electron chi connectivity index (χ1n) is 9.97. The van der Waals surface area contributed by atoms with Crippen LogP contribution in [0.4, 0.5) is 13.2 Å². The third-order valence-corrected chi connectivity index (χ3v) is 5.08. The van der Waals surface area contributed by atoms with Crippen LogP contribution in [0.25, 0.3) is 0 Å². The number of alkyl halides is 3. The molecule has 0 atom stereocenters. The highest BCUT2D eigenvalue weighted by Gasteiger charge is 2.29. The molecule has 162 valence electrons. The second-order valence-corrected chi connectivity index (χ2v) is 7.75. The van der Waals surface area contributed by atoms with Gasteiger partial charge in [-0.2, -0.15) is 13.2 Å². The Morgan fingerprint density at radius 2 is 1.73 bits per heavy atom. The normalized spacial score (nSPS) is 15.5. The van der Waals surface area contributed by atoms with E-state index >= 15 is 0 Å². The number of aromatic nitrogens is 1. The van der Waals surface area contributed by atoms with Gasteiger partial charge in [0.25, 0.3) is 5.91 Å². The molecule has 3 rings (SSSR count). The van der Waals surface area contributed by atoms with E-state index in [1.807, 2.05) is 0 Å². The van der Waals surface area contributed by atoms with E-state index in [0.717, 1.165) is 19.6 Å². The van der Waals surface area contributed by atoms with Gasteiger partial charge in [-0.3, -0.25) is 9.69 Å². The number of hydrogen-bond acceptors (Lipinski definition) is 4. The summed E-state index contributed by atoms with van der Waals surface area (Å²) in [4.78, 5) is 20.5. The molecule has 0 N–H and O–H groups in total. The Balaban J connectivity index is 1.49. The molecule has 1 fully saturated rings. The SMILES string of the molecule is CC(C)c1ccc(CN2CCN(C(=O)c3ccc(OCC(F)(F)F)nc3)CC2)cc1. The summed E-state index contributed by atoms with van der Waals surface area (Å²) in [6.07, 6.45) is -3.16. The second-order valence-electron chi connectivity index (χ2n) is 7.75. The van der Waals surface area contributed by atoms with Crippen molar-refractivity contribution in [2.75, 3.05) is 32.8 Å². The van der Waals surface area contributed by atoms with E-state index in [1.165, 1.54) is 29.5 Å². The summed E-state index contributed by atoms with van der Waals surface area (Å²) in [7, 11) is 0. The highest BCUT2D eigenvalue weighted by atomic mass is 19.4. The number of benzene rings is 1. The number of halogens is 3. The number of rotatable bonds is 6. The number of piperazine rings is 1. The molecule has 2 aromatic rings. The van der Waals surface area contributed by atoms with Gasteiger partial charge in [-0.15, -0.1) is 0 Å². The number of nitrogens with zero attached hydrogens (tertiary/aromatic N) is 3. The predicted octanol–water partition coefficient (Wildman–Crippen LogP) is 4.10. The number of pyridine rings is 1. The minimum atomic E-state index is -4.42. The van der Waals surface area contributed by atoms with Crippen LogP contribution in [0.15, 0.2) is 42.6 Å². The maximum atomic E-state index is 12.6. The zero-order valence-corrected chi connectivity index (χ0v) is 17.2. The van der Waals surface area contributed by atoms with Gasteiger partial charge in [0.2, 0.25) is 5.88 Å². The Morgan fingerprint density at radius 3 is 2.27 bits per heavy atom. The molecule has 30 heavy (non-hydrogen) atoms. The zero-order valence-electron chi connectivity index (χ0n) is 17.2. The molecule has 1 aliphatic heterocycles.